The first-order valence-electron chi connectivity index (χ1n) is 7.14. The minimum absolute atomic E-state index is 0.177. The molecule has 1 aromatic carbocycles. The van der Waals surface area contributed by atoms with Crippen LogP contribution in [-0.2, 0) is 6.54 Å². The van der Waals surface area contributed by atoms with E-state index in [2.05, 4.69) is 10.3 Å². The number of nitrogens with one attached hydrogen (secondary N) is 1. The van der Waals surface area contributed by atoms with Gasteiger partial charge in [-0.1, -0.05) is 18.2 Å². The molecule has 1 atom stereocenters. The normalized spacial score (nSPS) is 16.1. The Morgan fingerprint density at radius 1 is 1.20 bits per heavy atom. The van der Waals surface area contributed by atoms with Crippen LogP contribution in [0.15, 0.2) is 42.5 Å². The Bertz CT molecular complexity index is 576. The largest absolute Gasteiger partial charge is 0.304 e. The number of pyridine rings is 1. The first kappa shape index (κ1) is 13.3. The summed E-state index contributed by atoms with van der Waals surface area (Å²) in [4.78, 5) is 4.51. The molecule has 1 unspecified atom stereocenters. The van der Waals surface area contributed by atoms with E-state index in [-0.39, 0.29) is 5.82 Å². The minimum Gasteiger partial charge on any atom is -0.304 e. The Morgan fingerprint density at radius 2 is 1.95 bits per heavy atom. The highest BCUT2D eigenvalue weighted by Gasteiger charge is 2.31. The predicted octanol–water partition coefficient (Wildman–Crippen LogP) is 3.77. The lowest BCUT2D eigenvalue weighted by Gasteiger charge is -2.18. The lowest BCUT2D eigenvalue weighted by Crippen LogP contribution is -2.23. The highest BCUT2D eigenvalue weighted by molar-refractivity contribution is 5.22. The molecular formula is C17H19FN2. The van der Waals surface area contributed by atoms with Crippen molar-refractivity contribution in [1.29, 1.82) is 0 Å². The summed E-state index contributed by atoms with van der Waals surface area (Å²) in [6.45, 7) is 2.75. The zero-order chi connectivity index (χ0) is 13.9. The third kappa shape index (κ3) is 3.23. The number of nitrogens with zero attached hydrogens (tertiary/aromatic N) is 1. The van der Waals surface area contributed by atoms with Crippen molar-refractivity contribution in [2.75, 3.05) is 0 Å². The van der Waals surface area contributed by atoms with E-state index in [4.69, 9.17) is 0 Å². The van der Waals surface area contributed by atoms with Crippen LogP contribution in [0.25, 0.3) is 0 Å². The second-order valence-electron chi connectivity index (χ2n) is 5.52. The van der Waals surface area contributed by atoms with Crippen LogP contribution in [0.2, 0.25) is 0 Å². The van der Waals surface area contributed by atoms with Crippen molar-refractivity contribution < 1.29 is 4.39 Å². The summed E-state index contributed by atoms with van der Waals surface area (Å²) in [5, 5.41) is 3.58. The fourth-order valence-corrected chi connectivity index (χ4v) is 2.57. The van der Waals surface area contributed by atoms with E-state index >= 15 is 0 Å². The van der Waals surface area contributed by atoms with Gasteiger partial charge in [0.1, 0.15) is 5.82 Å². The van der Waals surface area contributed by atoms with Gasteiger partial charge >= 0.3 is 0 Å². The standard InChI is InChI=1S/C17H19FN2/c1-12-3-2-4-16(20-12)11-19-17(13-5-6-13)14-7-9-15(18)10-8-14/h2-4,7-10,13,17,19H,5-6,11H2,1H3. The molecule has 3 heteroatoms. The molecule has 3 rings (SSSR count). The number of aromatic nitrogens is 1. The Morgan fingerprint density at radius 3 is 2.60 bits per heavy atom. The SMILES string of the molecule is Cc1cccc(CNC(c2ccc(F)cc2)C2CC2)n1. The van der Waals surface area contributed by atoms with Crippen LogP contribution in [0.1, 0.15) is 35.8 Å². The van der Waals surface area contributed by atoms with Gasteiger partial charge in [0.2, 0.25) is 0 Å². The van der Waals surface area contributed by atoms with Gasteiger partial charge in [0.25, 0.3) is 0 Å². The molecule has 0 saturated heterocycles. The molecule has 0 spiro atoms. The van der Waals surface area contributed by atoms with Gasteiger partial charge in [0.15, 0.2) is 0 Å². The molecule has 2 nitrogen and oxygen atoms in total. The number of rotatable bonds is 5. The van der Waals surface area contributed by atoms with Crippen molar-refractivity contribution in [2.45, 2.75) is 32.4 Å². The molecule has 1 N–H and O–H groups in total. The fraction of sp³-hybridized carbons (Fsp3) is 0.353. The quantitative estimate of drug-likeness (QED) is 0.894. The molecule has 2 aromatic rings. The Hall–Kier alpha value is -1.74. The van der Waals surface area contributed by atoms with E-state index in [9.17, 15) is 4.39 Å². The number of hydrogen-bond donors (Lipinski definition) is 1. The molecular weight excluding hydrogens is 251 g/mol. The van der Waals surface area contributed by atoms with Crippen LogP contribution in [0.3, 0.4) is 0 Å². The Balaban J connectivity index is 1.70. The van der Waals surface area contributed by atoms with Crippen molar-refractivity contribution >= 4 is 0 Å². The highest BCUT2D eigenvalue weighted by atomic mass is 19.1. The van der Waals surface area contributed by atoms with Crippen LogP contribution in [0, 0.1) is 18.7 Å². The molecule has 1 saturated carbocycles. The average molecular weight is 270 g/mol. The third-order valence-corrected chi connectivity index (χ3v) is 3.77. The van der Waals surface area contributed by atoms with E-state index in [1.54, 1.807) is 0 Å². The summed E-state index contributed by atoms with van der Waals surface area (Å²) in [5.74, 6) is 0.494. The molecule has 1 aromatic heterocycles. The fourth-order valence-electron chi connectivity index (χ4n) is 2.57. The van der Waals surface area contributed by atoms with Gasteiger partial charge < -0.3 is 5.32 Å². The van der Waals surface area contributed by atoms with Crippen LogP contribution in [0.4, 0.5) is 4.39 Å². The van der Waals surface area contributed by atoms with Crippen molar-refractivity contribution in [3.63, 3.8) is 0 Å². The molecule has 104 valence electrons. The van der Waals surface area contributed by atoms with Crippen LogP contribution >= 0.6 is 0 Å². The maximum Gasteiger partial charge on any atom is 0.123 e. The number of hydrogen-bond acceptors (Lipinski definition) is 2. The second kappa shape index (κ2) is 5.71. The molecule has 0 aliphatic heterocycles. The number of halogens is 1. The first-order chi connectivity index (χ1) is 9.72. The van der Waals surface area contributed by atoms with Crippen LogP contribution < -0.4 is 5.32 Å². The van der Waals surface area contributed by atoms with Gasteiger partial charge in [-0.25, -0.2) is 4.39 Å². The summed E-state index contributed by atoms with van der Waals surface area (Å²) >= 11 is 0. The van der Waals surface area contributed by atoms with Gasteiger partial charge in [-0.3, -0.25) is 4.98 Å². The minimum atomic E-state index is -0.177. The van der Waals surface area contributed by atoms with E-state index in [0.29, 0.717) is 12.0 Å². The summed E-state index contributed by atoms with van der Waals surface area (Å²) in [5.41, 5.74) is 3.26. The zero-order valence-electron chi connectivity index (χ0n) is 11.6. The number of aryl methyl sites for hydroxylation is 1. The zero-order valence-corrected chi connectivity index (χ0v) is 11.6. The van der Waals surface area contributed by atoms with Crippen molar-refractivity contribution in [1.82, 2.24) is 10.3 Å². The van der Waals surface area contributed by atoms with Crippen molar-refractivity contribution in [3.8, 4) is 0 Å². The monoisotopic (exact) mass is 270 g/mol. The van der Waals surface area contributed by atoms with Gasteiger partial charge in [-0.2, -0.15) is 0 Å². The molecule has 20 heavy (non-hydrogen) atoms. The van der Waals surface area contributed by atoms with Crippen molar-refractivity contribution in [2.24, 2.45) is 5.92 Å². The van der Waals surface area contributed by atoms with Gasteiger partial charge in [0.05, 0.1) is 5.69 Å². The second-order valence-corrected chi connectivity index (χ2v) is 5.52. The molecule has 0 bridgehead atoms. The molecule has 1 heterocycles. The predicted molar refractivity (Wildman–Crippen MR) is 77.7 cm³/mol. The van der Waals surface area contributed by atoms with Crippen LogP contribution in [0.5, 0.6) is 0 Å². The summed E-state index contributed by atoms with van der Waals surface area (Å²) < 4.78 is 13.0. The van der Waals surface area contributed by atoms with Crippen LogP contribution in [-0.4, -0.2) is 4.98 Å². The third-order valence-electron chi connectivity index (χ3n) is 3.77. The first-order valence-corrected chi connectivity index (χ1v) is 7.14. The highest BCUT2D eigenvalue weighted by Crippen LogP contribution is 2.41. The summed E-state index contributed by atoms with van der Waals surface area (Å²) in [7, 11) is 0. The van der Waals surface area contributed by atoms with E-state index in [0.717, 1.165) is 17.9 Å². The molecule has 1 fully saturated rings. The lowest BCUT2D eigenvalue weighted by molar-refractivity contribution is 0.475. The maximum absolute atomic E-state index is 13.0. The van der Waals surface area contributed by atoms with Gasteiger partial charge in [-0.05, 0) is 55.5 Å². The molecule has 0 amide bonds. The summed E-state index contributed by atoms with van der Waals surface area (Å²) in [6, 6.07) is 13.2. The van der Waals surface area contributed by atoms with E-state index < -0.39 is 0 Å². The van der Waals surface area contributed by atoms with Gasteiger partial charge in [-0.15, -0.1) is 0 Å². The molecule has 1 aliphatic rings. The maximum atomic E-state index is 13.0. The Labute approximate surface area is 119 Å². The van der Waals surface area contributed by atoms with E-state index in [1.165, 1.54) is 30.5 Å². The summed E-state index contributed by atoms with van der Waals surface area (Å²) in [6.07, 6.45) is 2.49. The van der Waals surface area contributed by atoms with E-state index in [1.807, 2.05) is 37.3 Å². The lowest BCUT2D eigenvalue weighted by atomic mass is 10.0. The van der Waals surface area contributed by atoms with Gasteiger partial charge in [0, 0.05) is 18.3 Å². The topological polar surface area (TPSA) is 24.9 Å². The molecule has 0 radical (unpaired) electrons. The average Bonchev–Trinajstić information content (AvgIpc) is 3.26. The smallest absolute Gasteiger partial charge is 0.123 e. The van der Waals surface area contributed by atoms with Crippen molar-refractivity contribution in [3.05, 3.63) is 65.2 Å². The number of benzene rings is 1. The molecule has 1 aliphatic carbocycles. The Kier molecular flexibility index (Phi) is 3.79.